The highest BCUT2D eigenvalue weighted by Crippen LogP contribution is 2.23. The van der Waals surface area contributed by atoms with E-state index in [0.29, 0.717) is 18.8 Å². The minimum absolute atomic E-state index is 0.0972. The van der Waals surface area contributed by atoms with Gasteiger partial charge in [0, 0.05) is 5.56 Å². The Bertz CT molecular complexity index is 908. The Kier molecular flexibility index (Phi) is 5.79. The summed E-state index contributed by atoms with van der Waals surface area (Å²) in [5, 5.41) is 5.19. The van der Waals surface area contributed by atoms with Crippen LogP contribution in [0.1, 0.15) is 15.9 Å². The zero-order chi connectivity index (χ0) is 19.4. The number of ether oxygens (including phenoxy) is 1. The Hall–Kier alpha value is -2.42. The number of benzene rings is 2. The molecule has 1 saturated heterocycles. The van der Waals surface area contributed by atoms with E-state index in [9.17, 15) is 13.2 Å². The van der Waals surface area contributed by atoms with Gasteiger partial charge >= 0.3 is 0 Å². The summed E-state index contributed by atoms with van der Waals surface area (Å²) >= 11 is 0. The van der Waals surface area contributed by atoms with Gasteiger partial charge in [-0.05, 0) is 18.2 Å². The average molecular weight is 390 g/mol. The summed E-state index contributed by atoms with van der Waals surface area (Å²) in [6.07, 6.45) is 0. The lowest BCUT2D eigenvalue weighted by Gasteiger charge is -2.32. The molecule has 1 aliphatic heterocycles. The van der Waals surface area contributed by atoms with Gasteiger partial charge in [0.2, 0.25) is 10.0 Å². The van der Waals surface area contributed by atoms with Gasteiger partial charge in [0.1, 0.15) is 12.3 Å². The summed E-state index contributed by atoms with van der Waals surface area (Å²) in [7, 11) is -2.44. The maximum absolute atomic E-state index is 12.9. The highest BCUT2D eigenvalue weighted by atomic mass is 32.2. The van der Waals surface area contributed by atoms with Crippen molar-refractivity contribution in [2.24, 2.45) is 5.14 Å². The summed E-state index contributed by atoms with van der Waals surface area (Å²) in [6.45, 7) is 3.79. The lowest BCUT2D eigenvalue weighted by molar-refractivity contribution is -0.917. The van der Waals surface area contributed by atoms with Gasteiger partial charge in [0.05, 0.1) is 43.7 Å². The predicted octanol–water partition coefficient (Wildman–Crippen LogP) is -0.116. The van der Waals surface area contributed by atoms with Gasteiger partial charge in [-0.1, -0.05) is 30.3 Å². The molecule has 0 radical (unpaired) electrons. The first-order valence-corrected chi connectivity index (χ1v) is 10.3. The zero-order valence-corrected chi connectivity index (χ0v) is 16.0. The Balaban J connectivity index is 1.70. The number of piperazine rings is 1. The van der Waals surface area contributed by atoms with Crippen molar-refractivity contribution < 1.29 is 22.8 Å². The Morgan fingerprint density at radius 2 is 1.81 bits per heavy atom. The number of nitrogens with two attached hydrogens (primary N) is 1. The molecule has 0 unspecified atom stereocenters. The van der Waals surface area contributed by atoms with Crippen LogP contribution in [0.4, 0.5) is 0 Å². The Labute approximate surface area is 159 Å². The summed E-state index contributed by atoms with van der Waals surface area (Å²) in [6, 6.07) is 14.4. The van der Waals surface area contributed by atoms with Crippen LogP contribution in [-0.2, 0) is 16.6 Å². The number of hydrogen-bond donors (Lipinski definition) is 2. The first kappa shape index (κ1) is 19.3. The van der Waals surface area contributed by atoms with Crippen LogP contribution in [0.25, 0.3) is 0 Å². The molecule has 3 rings (SSSR count). The minimum Gasteiger partial charge on any atom is -0.496 e. The van der Waals surface area contributed by atoms with Crippen molar-refractivity contribution in [3.63, 3.8) is 0 Å². The van der Waals surface area contributed by atoms with Crippen LogP contribution in [-0.4, -0.2) is 52.5 Å². The molecule has 2 aromatic carbocycles. The Morgan fingerprint density at radius 1 is 1.15 bits per heavy atom. The molecule has 1 aliphatic rings. The second kappa shape index (κ2) is 8.08. The maximum Gasteiger partial charge on any atom is 0.258 e. The SMILES string of the molecule is COc1ccc(S(N)(=O)=O)cc1C(=O)N1CC[NH+](Cc2ccccc2)CC1. The van der Waals surface area contributed by atoms with Crippen molar-refractivity contribution in [3.05, 3.63) is 59.7 Å². The molecule has 1 heterocycles. The van der Waals surface area contributed by atoms with Gasteiger partial charge in [-0.2, -0.15) is 0 Å². The molecule has 7 nitrogen and oxygen atoms in total. The number of methoxy groups -OCH3 is 1. The number of nitrogens with one attached hydrogen (secondary N) is 1. The molecule has 8 heteroatoms. The monoisotopic (exact) mass is 390 g/mol. The quantitative estimate of drug-likeness (QED) is 0.745. The first-order chi connectivity index (χ1) is 12.9. The predicted molar refractivity (Wildman–Crippen MR) is 101 cm³/mol. The van der Waals surface area contributed by atoms with Crippen molar-refractivity contribution in [1.29, 1.82) is 0 Å². The largest absolute Gasteiger partial charge is 0.496 e. The molecular weight excluding hydrogens is 366 g/mol. The van der Waals surface area contributed by atoms with Crippen LogP contribution < -0.4 is 14.8 Å². The van der Waals surface area contributed by atoms with Crippen molar-refractivity contribution in [2.75, 3.05) is 33.3 Å². The van der Waals surface area contributed by atoms with E-state index in [1.807, 2.05) is 18.2 Å². The van der Waals surface area contributed by atoms with Crippen LogP contribution in [0, 0.1) is 0 Å². The van der Waals surface area contributed by atoms with Gasteiger partial charge in [-0.3, -0.25) is 4.79 Å². The molecule has 0 aromatic heterocycles. The third kappa shape index (κ3) is 4.65. The lowest BCUT2D eigenvalue weighted by Crippen LogP contribution is -3.13. The smallest absolute Gasteiger partial charge is 0.258 e. The van der Waals surface area contributed by atoms with Crippen LogP contribution in [0.15, 0.2) is 53.4 Å². The maximum atomic E-state index is 12.9. The van der Waals surface area contributed by atoms with Crippen LogP contribution in [0.2, 0.25) is 0 Å². The normalized spacial score (nSPS) is 15.6. The third-order valence-corrected chi connectivity index (χ3v) is 5.70. The number of carbonyl (C=O) groups excluding carboxylic acids is 1. The average Bonchev–Trinajstić information content (AvgIpc) is 2.67. The fourth-order valence-electron chi connectivity index (χ4n) is 3.29. The standard InChI is InChI=1S/C19H23N3O4S/c1-26-18-8-7-16(27(20,24)25)13-17(18)19(23)22-11-9-21(10-12-22)14-15-5-3-2-4-6-15/h2-8,13H,9-12,14H2,1H3,(H2,20,24,25)/p+1. The van der Waals surface area contributed by atoms with Gasteiger partial charge in [-0.25, -0.2) is 13.6 Å². The van der Waals surface area contributed by atoms with E-state index in [1.165, 1.54) is 35.8 Å². The van der Waals surface area contributed by atoms with Crippen LogP contribution in [0.5, 0.6) is 5.75 Å². The van der Waals surface area contributed by atoms with Crippen molar-refractivity contribution in [3.8, 4) is 5.75 Å². The second-order valence-corrected chi connectivity index (χ2v) is 8.17. The molecular formula is C19H24N3O4S+. The number of hydrogen-bond acceptors (Lipinski definition) is 4. The number of sulfonamides is 1. The van der Waals surface area contributed by atoms with E-state index in [1.54, 1.807) is 4.90 Å². The van der Waals surface area contributed by atoms with Crippen LogP contribution in [0.3, 0.4) is 0 Å². The van der Waals surface area contributed by atoms with Gasteiger partial charge in [-0.15, -0.1) is 0 Å². The number of rotatable bonds is 5. The number of quaternary nitrogens is 1. The molecule has 144 valence electrons. The van der Waals surface area contributed by atoms with E-state index < -0.39 is 10.0 Å². The van der Waals surface area contributed by atoms with Crippen molar-refractivity contribution >= 4 is 15.9 Å². The molecule has 1 fully saturated rings. The third-order valence-electron chi connectivity index (χ3n) is 4.78. The molecule has 27 heavy (non-hydrogen) atoms. The lowest BCUT2D eigenvalue weighted by atomic mass is 10.1. The summed E-state index contributed by atoms with van der Waals surface area (Å²) in [4.78, 5) is 16.0. The molecule has 0 saturated carbocycles. The van der Waals surface area contributed by atoms with E-state index in [4.69, 9.17) is 9.88 Å². The molecule has 0 atom stereocenters. The number of nitrogens with zero attached hydrogens (tertiary/aromatic N) is 1. The Morgan fingerprint density at radius 3 is 2.41 bits per heavy atom. The zero-order valence-electron chi connectivity index (χ0n) is 15.2. The molecule has 1 amide bonds. The summed E-state index contributed by atoms with van der Waals surface area (Å²) in [5.74, 6) is 0.0996. The number of amides is 1. The number of primary sulfonamides is 1. The molecule has 0 aliphatic carbocycles. The van der Waals surface area contributed by atoms with Crippen molar-refractivity contribution in [2.45, 2.75) is 11.4 Å². The molecule has 0 spiro atoms. The molecule has 2 aromatic rings. The van der Waals surface area contributed by atoms with E-state index in [0.717, 1.165) is 19.6 Å². The molecule has 3 N–H and O–H groups in total. The van der Waals surface area contributed by atoms with E-state index >= 15 is 0 Å². The fourth-order valence-corrected chi connectivity index (χ4v) is 3.83. The van der Waals surface area contributed by atoms with Gasteiger partial charge < -0.3 is 14.5 Å². The van der Waals surface area contributed by atoms with E-state index in [-0.39, 0.29) is 16.4 Å². The first-order valence-electron chi connectivity index (χ1n) is 8.76. The highest BCUT2D eigenvalue weighted by molar-refractivity contribution is 7.89. The van der Waals surface area contributed by atoms with Crippen molar-refractivity contribution in [1.82, 2.24) is 4.90 Å². The second-order valence-electron chi connectivity index (χ2n) is 6.61. The number of carbonyl (C=O) groups is 1. The summed E-state index contributed by atoms with van der Waals surface area (Å²) < 4.78 is 28.5. The fraction of sp³-hybridized carbons (Fsp3) is 0.316. The van der Waals surface area contributed by atoms with Crippen LogP contribution >= 0.6 is 0 Å². The topological polar surface area (TPSA) is 94.1 Å². The van der Waals surface area contributed by atoms with E-state index in [2.05, 4.69) is 12.1 Å². The minimum atomic E-state index is -3.89. The summed E-state index contributed by atoms with van der Waals surface area (Å²) in [5.41, 5.74) is 1.49. The van der Waals surface area contributed by atoms with Gasteiger partial charge in [0.25, 0.3) is 5.91 Å². The molecule has 0 bridgehead atoms. The van der Waals surface area contributed by atoms with Gasteiger partial charge in [0.15, 0.2) is 0 Å². The highest BCUT2D eigenvalue weighted by Gasteiger charge is 2.27.